The molecule has 3 rings (SSSR count). The Kier molecular flexibility index (Phi) is 3.67. The molecular formula is C14H20N2O2. The molecule has 98 valence electrons. The Morgan fingerprint density at radius 3 is 2.83 bits per heavy atom. The van der Waals surface area contributed by atoms with E-state index in [4.69, 9.17) is 9.47 Å². The summed E-state index contributed by atoms with van der Waals surface area (Å²) in [5.74, 6) is 1.86. The molecule has 1 aromatic rings. The van der Waals surface area contributed by atoms with Gasteiger partial charge >= 0.3 is 0 Å². The van der Waals surface area contributed by atoms with Crippen molar-refractivity contribution >= 4 is 0 Å². The van der Waals surface area contributed by atoms with E-state index in [1.54, 1.807) is 0 Å². The molecule has 2 aliphatic rings. The molecule has 0 spiro atoms. The summed E-state index contributed by atoms with van der Waals surface area (Å²) in [5.41, 5.74) is 1.27. The van der Waals surface area contributed by atoms with Crippen LogP contribution in [-0.4, -0.2) is 50.8 Å². The topological polar surface area (TPSA) is 33.7 Å². The average Bonchev–Trinajstić information content (AvgIpc) is 2.46. The summed E-state index contributed by atoms with van der Waals surface area (Å²) in [6.07, 6.45) is 1.03. The Morgan fingerprint density at radius 1 is 1.11 bits per heavy atom. The molecule has 2 aliphatic heterocycles. The summed E-state index contributed by atoms with van der Waals surface area (Å²) in [7, 11) is 0. The molecule has 0 unspecified atom stereocenters. The Morgan fingerprint density at radius 2 is 1.94 bits per heavy atom. The van der Waals surface area contributed by atoms with Crippen molar-refractivity contribution in [1.82, 2.24) is 10.2 Å². The molecule has 1 fully saturated rings. The Hall–Kier alpha value is -1.26. The van der Waals surface area contributed by atoms with E-state index in [2.05, 4.69) is 22.3 Å². The summed E-state index contributed by atoms with van der Waals surface area (Å²) >= 11 is 0. The molecule has 0 amide bonds. The van der Waals surface area contributed by atoms with Crippen LogP contribution in [0.1, 0.15) is 5.56 Å². The zero-order chi connectivity index (χ0) is 12.2. The van der Waals surface area contributed by atoms with Crippen LogP contribution in [0, 0.1) is 0 Å². The molecule has 0 radical (unpaired) electrons. The molecule has 0 aliphatic carbocycles. The number of fused-ring (bicyclic) bond motifs is 1. The lowest BCUT2D eigenvalue weighted by Crippen LogP contribution is -2.44. The minimum absolute atomic E-state index is 0.661. The van der Waals surface area contributed by atoms with E-state index < -0.39 is 0 Å². The van der Waals surface area contributed by atoms with Gasteiger partial charge in [0.25, 0.3) is 0 Å². The highest BCUT2D eigenvalue weighted by Crippen LogP contribution is 2.33. The van der Waals surface area contributed by atoms with Crippen molar-refractivity contribution < 1.29 is 9.47 Å². The predicted molar refractivity (Wildman–Crippen MR) is 70.4 cm³/mol. The lowest BCUT2D eigenvalue weighted by atomic mass is 10.1. The van der Waals surface area contributed by atoms with Gasteiger partial charge in [0, 0.05) is 32.7 Å². The maximum absolute atomic E-state index is 5.74. The third kappa shape index (κ3) is 2.60. The van der Waals surface area contributed by atoms with Crippen LogP contribution in [0.25, 0.3) is 0 Å². The van der Waals surface area contributed by atoms with Crippen LogP contribution in [0.3, 0.4) is 0 Å². The van der Waals surface area contributed by atoms with E-state index >= 15 is 0 Å². The van der Waals surface area contributed by atoms with Gasteiger partial charge in [-0.25, -0.2) is 0 Å². The summed E-state index contributed by atoms with van der Waals surface area (Å²) in [5, 5.41) is 3.38. The summed E-state index contributed by atoms with van der Waals surface area (Å²) in [6, 6.07) is 6.19. The number of ether oxygens (including phenoxy) is 2. The number of nitrogens with one attached hydrogen (secondary N) is 1. The van der Waals surface area contributed by atoms with Crippen molar-refractivity contribution in [2.75, 3.05) is 45.9 Å². The molecule has 1 aromatic carbocycles. The number of piperazine rings is 1. The van der Waals surface area contributed by atoms with Crippen LogP contribution in [-0.2, 0) is 6.42 Å². The first kappa shape index (κ1) is 11.8. The van der Waals surface area contributed by atoms with Crippen molar-refractivity contribution in [3.05, 3.63) is 23.8 Å². The van der Waals surface area contributed by atoms with Crippen molar-refractivity contribution in [3.8, 4) is 11.5 Å². The minimum Gasteiger partial charge on any atom is -0.486 e. The van der Waals surface area contributed by atoms with Gasteiger partial charge in [0.15, 0.2) is 11.5 Å². The summed E-state index contributed by atoms with van der Waals surface area (Å²) in [6.45, 7) is 6.92. The molecule has 4 heteroatoms. The highest BCUT2D eigenvalue weighted by Gasteiger charge is 2.16. The van der Waals surface area contributed by atoms with Gasteiger partial charge in [-0.1, -0.05) is 12.1 Å². The molecule has 0 aromatic heterocycles. The van der Waals surface area contributed by atoms with Crippen LogP contribution in [0.15, 0.2) is 18.2 Å². The quantitative estimate of drug-likeness (QED) is 0.862. The molecule has 0 saturated carbocycles. The lowest BCUT2D eigenvalue weighted by Gasteiger charge is -2.28. The molecule has 18 heavy (non-hydrogen) atoms. The second-order valence-corrected chi connectivity index (χ2v) is 4.78. The first-order chi connectivity index (χ1) is 8.93. The van der Waals surface area contributed by atoms with E-state index in [9.17, 15) is 0 Å². The molecule has 4 nitrogen and oxygen atoms in total. The zero-order valence-electron chi connectivity index (χ0n) is 10.7. The monoisotopic (exact) mass is 248 g/mol. The average molecular weight is 248 g/mol. The molecule has 1 saturated heterocycles. The number of rotatable bonds is 3. The fourth-order valence-electron chi connectivity index (χ4n) is 2.54. The van der Waals surface area contributed by atoms with Gasteiger partial charge in [-0.15, -0.1) is 0 Å². The van der Waals surface area contributed by atoms with Gasteiger partial charge in [0.2, 0.25) is 0 Å². The first-order valence-electron chi connectivity index (χ1n) is 6.74. The Balaban J connectivity index is 1.65. The third-order valence-electron chi connectivity index (χ3n) is 3.55. The second kappa shape index (κ2) is 5.59. The third-order valence-corrected chi connectivity index (χ3v) is 3.55. The first-order valence-corrected chi connectivity index (χ1v) is 6.74. The zero-order valence-corrected chi connectivity index (χ0v) is 10.7. The highest BCUT2D eigenvalue weighted by molar-refractivity contribution is 5.47. The minimum atomic E-state index is 0.661. The van der Waals surface area contributed by atoms with Crippen LogP contribution in [0.5, 0.6) is 11.5 Å². The fourth-order valence-corrected chi connectivity index (χ4v) is 2.54. The van der Waals surface area contributed by atoms with Gasteiger partial charge in [0.05, 0.1) is 0 Å². The normalized spacial score (nSPS) is 19.8. The predicted octanol–water partition coefficient (Wildman–Crippen LogP) is 0.905. The van der Waals surface area contributed by atoms with E-state index in [0.29, 0.717) is 13.2 Å². The molecule has 0 bridgehead atoms. The summed E-state index contributed by atoms with van der Waals surface area (Å²) < 4.78 is 11.3. The van der Waals surface area contributed by atoms with Gasteiger partial charge in [-0.05, 0) is 18.1 Å². The maximum atomic E-state index is 5.74. The van der Waals surface area contributed by atoms with Gasteiger partial charge in [-0.2, -0.15) is 0 Å². The van der Waals surface area contributed by atoms with E-state index in [-0.39, 0.29) is 0 Å². The standard InChI is InChI=1S/C14H20N2O2/c1-2-12(4-7-16-8-5-15-6-9-16)14-13(3-1)17-10-11-18-14/h1-3,15H,4-11H2. The van der Waals surface area contributed by atoms with E-state index in [1.807, 2.05) is 6.07 Å². The van der Waals surface area contributed by atoms with Crippen LogP contribution >= 0.6 is 0 Å². The van der Waals surface area contributed by atoms with E-state index in [0.717, 1.165) is 50.6 Å². The largest absolute Gasteiger partial charge is 0.486 e. The van der Waals surface area contributed by atoms with Crippen LogP contribution < -0.4 is 14.8 Å². The Bertz CT molecular complexity index is 403. The van der Waals surface area contributed by atoms with Crippen LogP contribution in [0.4, 0.5) is 0 Å². The highest BCUT2D eigenvalue weighted by atomic mass is 16.6. The molecule has 0 atom stereocenters. The van der Waals surface area contributed by atoms with Crippen molar-refractivity contribution in [2.24, 2.45) is 0 Å². The van der Waals surface area contributed by atoms with Gasteiger partial charge in [-0.3, -0.25) is 0 Å². The number of nitrogens with zero attached hydrogens (tertiary/aromatic N) is 1. The lowest BCUT2D eigenvalue weighted by molar-refractivity contribution is 0.169. The van der Waals surface area contributed by atoms with Crippen molar-refractivity contribution in [1.29, 1.82) is 0 Å². The van der Waals surface area contributed by atoms with Gasteiger partial charge in [0.1, 0.15) is 13.2 Å². The fraction of sp³-hybridized carbons (Fsp3) is 0.571. The van der Waals surface area contributed by atoms with Crippen LogP contribution in [0.2, 0.25) is 0 Å². The van der Waals surface area contributed by atoms with Crippen molar-refractivity contribution in [2.45, 2.75) is 6.42 Å². The van der Waals surface area contributed by atoms with Gasteiger partial charge < -0.3 is 19.7 Å². The smallest absolute Gasteiger partial charge is 0.164 e. The SMILES string of the molecule is c1cc(CCN2CCNCC2)c2c(c1)OCCO2. The number of hydrogen-bond acceptors (Lipinski definition) is 4. The number of benzene rings is 1. The molecule has 2 heterocycles. The number of hydrogen-bond donors (Lipinski definition) is 1. The summed E-state index contributed by atoms with van der Waals surface area (Å²) in [4.78, 5) is 2.50. The molecule has 1 N–H and O–H groups in total. The maximum Gasteiger partial charge on any atom is 0.164 e. The molecular weight excluding hydrogens is 228 g/mol. The van der Waals surface area contributed by atoms with E-state index in [1.165, 1.54) is 5.56 Å². The number of para-hydroxylation sites is 1. The van der Waals surface area contributed by atoms with Crippen molar-refractivity contribution in [3.63, 3.8) is 0 Å². The second-order valence-electron chi connectivity index (χ2n) is 4.78. The Labute approximate surface area is 108 Å².